The summed E-state index contributed by atoms with van der Waals surface area (Å²) >= 11 is 1.50. The molecule has 1 aromatic heterocycles. The molecule has 0 aliphatic carbocycles. The third kappa shape index (κ3) is 3.79. The van der Waals surface area contributed by atoms with Crippen LogP contribution in [0.5, 0.6) is 0 Å². The van der Waals surface area contributed by atoms with E-state index in [1.54, 1.807) is 4.90 Å². The van der Waals surface area contributed by atoms with Gasteiger partial charge in [-0.2, -0.15) is 0 Å². The van der Waals surface area contributed by atoms with Gasteiger partial charge in [-0.05, 0) is 36.3 Å². The van der Waals surface area contributed by atoms with Gasteiger partial charge in [-0.25, -0.2) is 0 Å². The third-order valence-corrected chi connectivity index (χ3v) is 7.10. The number of imide groups is 1. The Morgan fingerprint density at radius 1 is 1.13 bits per heavy atom. The zero-order valence-electron chi connectivity index (χ0n) is 16.8. The van der Waals surface area contributed by atoms with Crippen molar-refractivity contribution in [2.75, 3.05) is 13.2 Å². The van der Waals surface area contributed by atoms with Crippen LogP contribution in [0.3, 0.4) is 0 Å². The molecular weight excluding hydrogens is 400 g/mol. The van der Waals surface area contributed by atoms with Crippen molar-refractivity contribution >= 4 is 29.1 Å². The van der Waals surface area contributed by atoms with Crippen molar-refractivity contribution in [2.24, 2.45) is 0 Å². The number of nitrogens with zero attached hydrogens (tertiary/aromatic N) is 2. The Kier molecular flexibility index (Phi) is 6.01. The lowest BCUT2D eigenvalue weighted by molar-refractivity contribution is -0.144. The van der Waals surface area contributed by atoms with E-state index in [-0.39, 0.29) is 49.8 Å². The minimum Gasteiger partial charge on any atom is -0.394 e. The molecule has 2 saturated heterocycles. The standard InChI is InChI=1S/C23H26N2O4S/c26-16-18-9-4-5-11-24(18)20(27)13-23(17-7-2-1-3-8-17)14-21(28)25(22(23)29)15-19-10-6-12-30-19/h1-3,6-8,10,12,18,26H,4-5,9,11,13-16H2/t18-,23+/m1/s1. The summed E-state index contributed by atoms with van der Waals surface area (Å²) in [5, 5.41) is 11.6. The Balaban J connectivity index is 1.65. The number of likely N-dealkylation sites (tertiary alicyclic amines) is 2. The van der Waals surface area contributed by atoms with E-state index in [0.717, 1.165) is 24.1 Å². The number of aliphatic hydroxyl groups is 1. The van der Waals surface area contributed by atoms with E-state index in [1.807, 2.05) is 47.8 Å². The Bertz CT molecular complexity index is 915. The molecule has 1 aromatic carbocycles. The first-order valence-corrected chi connectivity index (χ1v) is 11.3. The highest BCUT2D eigenvalue weighted by Crippen LogP contribution is 2.41. The van der Waals surface area contributed by atoms with Gasteiger partial charge in [0.05, 0.1) is 24.6 Å². The first kappa shape index (κ1) is 20.8. The second-order valence-corrected chi connectivity index (χ2v) is 9.12. The molecule has 30 heavy (non-hydrogen) atoms. The largest absolute Gasteiger partial charge is 0.394 e. The summed E-state index contributed by atoms with van der Waals surface area (Å²) in [7, 11) is 0. The average molecular weight is 427 g/mol. The molecule has 0 bridgehead atoms. The number of aliphatic hydroxyl groups excluding tert-OH is 1. The molecule has 158 valence electrons. The fraction of sp³-hybridized carbons (Fsp3) is 0.435. The lowest BCUT2D eigenvalue weighted by atomic mass is 9.75. The maximum atomic E-state index is 13.6. The quantitative estimate of drug-likeness (QED) is 0.721. The van der Waals surface area contributed by atoms with Gasteiger partial charge >= 0.3 is 0 Å². The number of hydrogen-bond acceptors (Lipinski definition) is 5. The molecule has 4 rings (SSSR count). The molecule has 1 N–H and O–H groups in total. The van der Waals surface area contributed by atoms with Crippen LogP contribution in [0.2, 0.25) is 0 Å². The molecule has 2 aliphatic heterocycles. The van der Waals surface area contributed by atoms with Gasteiger partial charge in [0.2, 0.25) is 17.7 Å². The van der Waals surface area contributed by atoms with Crippen LogP contribution in [0.15, 0.2) is 47.8 Å². The number of hydrogen-bond donors (Lipinski definition) is 1. The molecule has 0 radical (unpaired) electrons. The summed E-state index contributed by atoms with van der Waals surface area (Å²) < 4.78 is 0. The summed E-state index contributed by atoms with van der Waals surface area (Å²) in [4.78, 5) is 43.8. The predicted octanol–water partition coefficient (Wildman–Crippen LogP) is 2.71. The van der Waals surface area contributed by atoms with Crippen molar-refractivity contribution in [1.29, 1.82) is 0 Å². The molecule has 2 aromatic rings. The highest BCUT2D eigenvalue weighted by molar-refractivity contribution is 7.09. The third-order valence-electron chi connectivity index (χ3n) is 6.24. The van der Waals surface area contributed by atoms with Crippen LogP contribution in [-0.4, -0.2) is 51.8 Å². The minimum absolute atomic E-state index is 0.00933. The van der Waals surface area contributed by atoms with Gasteiger partial charge in [-0.1, -0.05) is 36.4 Å². The zero-order chi connectivity index (χ0) is 21.1. The van der Waals surface area contributed by atoms with Crippen LogP contribution in [0, 0.1) is 0 Å². The molecule has 6 nitrogen and oxygen atoms in total. The van der Waals surface area contributed by atoms with Crippen LogP contribution in [0.4, 0.5) is 0 Å². The lowest BCUT2D eigenvalue weighted by Gasteiger charge is -2.37. The highest BCUT2D eigenvalue weighted by atomic mass is 32.1. The first-order valence-electron chi connectivity index (χ1n) is 10.4. The van der Waals surface area contributed by atoms with Crippen molar-refractivity contribution in [3.05, 3.63) is 58.3 Å². The number of benzene rings is 1. The molecule has 2 fully saturated rings. The maximum Gasteiger partial charge on any atom is 0.241 e. The normalized spacial score (nSPS) is 24.5. The fourth-order valence-electron chi connectivity index (χ4n) is 4.62. The van der Waals surface area contributed by atoms with E-state index in [2.05, 4.69) is 0 Å². The van der Waals surface area contributed by atoms with Gasteiger partial charge in [0.25, 0.3) is 0 Å². The second kappa shape index (κ2) is 8.70. The smallest absolute Gasteiger partial charge is 0.241 e. The van der Waals surface area contributed by atoms with E-state index in [1.165, 1.54) is 16.2 Å². The minimum atomic E-state index is -1.19. The lowest BCUT2D eigenvalue weighted by Crippen LogP contribution is -2.49. The van der Waals surface area contributed by atoms with Crippen LogP contribution in [-0.2, 0) is 26.3 Å². The molecule has 7 heteroatoms. The first-order chi connectivity index (χ1) is 14.5. The summed E-state index contributed by atoms with van der Waals surface area (Å²) in [5.74, 6) is -0.725. The van der Waals surface area contributed by atoms with Gasteiger partial charge in [0, 0.05) is 24.3 Å². The number of thiophene rings is 1. The summed E-state index contributed by atoms with van der Waals surface area (Å²) in [6.45, 7) is 0.735. The van der Waals surface area contributed by atoms with Gasteiger partial charge in [-0.15, -0.1) is 11.3 Å². The van der Waals surface area contributed by atoms with E-state index in [9.17, 15) is 19.5 Å². The summed E-state index contributed by atoms with van der Waals surface area (Å²) in [6, 6.07) is 12.8. The van der Waals surface area contributed by atoms with Crippen LogP contribution >= 0.6 is 11.3 Å². The SMILES string of the molecule is O=C1C[C@@](CC(=O)N2CCCC[C@@H]2CO)(c2ccccc2)C(=O)N1Cc1cccs1. The topological polar surface area (TPSA) is 77.9 Å². The number of carbonyl (C=O) groups is 3. The molecule has 2 atom stereocenters. The molecule has 0 spiro atoms. The summed E-state index contributed by atoms with van der Waals surface area (Å²) in [6.07, 6.45) is 2.56. The van der Waals surface area contributed by atoms with Crippen LogP contribution < -0.4 is 0 Å². The Labute approximate surface area is 180 Å². The second-order valence-electron chi connectivity index (χ2n) is 8.09. The number of rotatable bonds is 6. The van der Waals surface area contributed by atoms with Crippen molar-refractivity contribution in [1.82, 2.24) is 9.80 Å². The van der Waals surface area contributed by atoms with E-state index < -0.39 is 5.41 Å². The number of piperidine rings is 1. The van der Waals surface area contributed by atoms with Gasteiger partial charge < -0.3 is 10.0 Å². The van der Waals surface area contributed by atoms with Crippen molar-refractivity contribution in [3.8, 4) is 0 Å². The van der Waals surface area contributed by atoms with Crippen LogP contribution in [0.1, 0.15) is 42.5 Å². The van der Waals surface area contributed by atoms with Gasteiger partial charge in [-0.3, -0.25) is 19.3 Å². The average Bonchev–Trinajstić information content (AvgIpc) is 3.37. The van der Waals surface area contributed by atoms with Crippen LogP contribution in [0.25, 0.3) is 0 Å². The molecule has 0 saturated carbocycles. The molecule has 2 aliphatic rings. The van der Waals surface area contributed by atoms with E-state index in [0.29, 0.717) is 12.1 Å². The Morgan fingerprint density at radius 3 is 2.63 bits per heavy atom. The monoisotopic (exact) mass is 426 g/mol. The van der Waals surface area contributed by atoms with Crippen molar-refractivity contribution in [2.45, 2.75) is 50.1 Å². The Morgan fingerprint density at radius 2 is 1.93 bits per heavy atom. The molecule has 0 unspecified atom stereocenters. The highest BCUT2D eigenvalue weighted by Gasteiger charge is 2.54. The summed E-state index contributed by atoms with van der Waals surface area (Å²) in [5.41, 5.74) is -0.493. The van der Waals surface area contributed by atoms with Crippen molar-refractivity contribution in [3.63, 3.8) is 0 Å². The van der Waals surface area contributed by atoms with Crippen molar-refractivity contribution < 1.29 is 19.5 Å². The molecule has 3 amide bonds. The Hall–Kier alpha value is -2.51. The number of amides is 3. The number of carbonyl (C=O) groups excluding carboxylic acids is 3. The maximum absolute atomic E-state index is 13.6. The predicted molar refractivity (Wildman–Crippen MR) is 114 cm³/mol. The molecule has 3 heterocycles. The molecular formula is C23H26N2O4S. The van der Waals surface area contributed by atoms with E-state index in [4.69, 9.17) is 0 Å². The van der Waals surface area contributed by atoms with Gasteiger partial charge in [0.1, 0.15) is 0 Å². The van der Waals surface area contributed by atoms with E-state index >= 15 is 0 Å². The zero-order valence-corrected chi connectivity index (χ0v) is 17.6. The van der Waals surface area contributed by atoms with Gasteiger partial charge in [0.15, 0.2) is 0 Å². The fourth-order valence-corrected chi connectivity index (χ4v) is 5.31.